The number of hydrogen-bond donors (Lipinski definition) is 2. The Hall–Kier alpha value is -3.29. The number of nitrogens with one attached hydrogen (secondary N) is 1. The summed E-state index contributed by atoms with van der Waals surface area (Å²) in [6.07, 6.45) is 0.565. The molecule has 0 fully saturated rings. The molecule has 0 aliphatic rings. The Morgan fingerprint density at radius 2 is 2.04 bits per heavy atom. The van der Waals surface area contributed by atoms with Gasteiger partial charge in [-0.05, 0) is 24.6 Å². The summed E-state index contributed by atoms with van der Waals surface area (Å²) in [4.78, 5) is 42.2. The third kappa shape index (κ3) is 2.82. The fraction of sp³-hybridized carbons (Fsp3) is 0.176. The van der Waals surface area contributed by atoms with E-state index in [1.54, 1.807) is 6.07 Å². The van der Waals surface area contributed by atoms with Crippen LogP contribution in [-0.2, 0) is 6.54 Å². The Bertz CT molecular complexity index is 1100. The van der Waals surface area contributed by atoms with Gasteiger partial charge in [-0.1, -0.05) is 19.1 Å². The fourth-order valence-electron chi connectivity index (χ4n) is 2.68. The molecule has 0 spiro atoms. The number of aryl methyl sites for hydroxylation is 1. The summed E-state index contributed by atoms with van der Waals surface area (Å²) in [5.74, 6) is -1.95. The second kappa shape index (κ2) is 6.31. The lowest BCUT2D eigenvalue weighted by atomic mass is 10.1. The maximum atomic E-state index is 14.1. The van der Waals surface area contributed by atoms with E-state index < -0.39 is 23.0 Å². The molecule has 0 saturated carbocycles. The van der Waals surface area contributed by atoms with Gasteiger partial charge in [-0.25, -0.2) is 19.0 Å². The van der Waals surface area contributed by atoms with Crippen LogP contribution in [0.3, 0.4) is 0 Å². The third-order valence-corrected chi connectivity index (χ3v) is 3.78. The van der Waals surface area contributed by atoms with Crippen molar-refractivity contribution in [3.63, 3.8) is 0 Å². The first kappa shape index (κ1) is 16.6. The summed E-state index contributed by atoms with van der Waals surface area (Å²) in [7, 11) is 0. The van der Waals surface area contributed by atoms with Gasteiger partial charge in [0.25, 0.3) is 5.56 Å². The molecule has 0 amide bonds. The van der Waals surface area contributed by atoms with Gasteiger partial charge in [0.15, 0.2) is 5.65 Å². The van der Waals surface area contributed by atoms with E-state index in [0.29, 0.717) is 6.42 Å². The summed E-state index contributed by atoms with van der Waals surface area (Å²) >= 11 is 0. The van der Waals surface area contributed by atoms with E-state index in [1.165, 1.54) is 22.8 Å². The van der Waals surface area contributed by atoms with Crippen molar-refractivity contribution in [1.82, 2.24) is 14.5 Å². The number of carboxylic acids is 1. The Morgan fingerprint density at radius 1 is 1.32 bits per heavy atom. The van der Waals surface area contributed by atoms with Gasteiger partial charge in [-0.3, -0.25) is 14.3 Å². The van der Waals surface area contributed by atoms with Crippen molar-refractivity contribution in [3.05, 3.63) is 62.6 Å². The van der Waals surface area contributed by atoms with Crippen LogP contribution in [0.2, 0.25) is 0 Å². The molecule has 3 aromatic rings. The van der Waals surface area contributed by atoms with Gasteiger partial charge in [0.1, 0.15) is 5.82 Å². The monoisotopic (exact) mass is 343 g/mol. The lowest BCUT2D eigenvalue weighted by molar-refractivity contribution is 0.0699. The number of halogens is 1. The average Bonchev–Trinajstić information content (AvgIpc) is 2.57. The zero-order valence-electron chi connectivity index (χ0n) is 13.2. The summed E-state index contributed by atoms with van der Waals surface area (Å²) in [5, 5.41) is 9.27. The Kier molecular flexibility index (Phi) is 4.18. The van der Waals surface area contributed by atoms with Gasteiger partial charge < -0.3 is 5.11 Å². The normalized spacial score (nSPS) is 11.0. The van der Waals surface area contributed by atoms with Gasteiger partial charge >= 0.3 is 11.7 Å². The molecule has 1 aromatic carbocycles. The highest BCUT2D eigenvalue weighted by atomic mass is 19.1. The first-order valence-corrected chi connectivity index (χ1v) is 7.60. The van der Waals surface area contributed by atoms with Crippen LogP contribution in [0.25, 0.3) is 22.3 Å². The Balaban J connectivity index is 2.49. The molecule has 128 valence electrons. The molecular formula is C17H14FN3O4. The Morgan fingerprint density at radius 3 is 2.68 bits per heavy atom. The van der Waals surface area contributed by atoms with Crippen molar-refractivity contribution >= 4 is 17.0 Å². The number of aromatic amines is 1. The van der Waals surface area contributed by atoms with E-state index in [-0.39, 0.29) is 34.4 Å². The smallest absolute Gasteiger partial charge is 0.336 e. The standard InChI is InChI=1S/C17H14FN3O4/c1-2-7-21-14-13(15(22)20-17(21)25)10(16(23)24)8-12(19-14)9-5-3-4-6-11(9)18/h3-6,8H,2,7H2,1H3,(H,23,24)(H,20,22,25). The topological polar surface area (TPSA) is 105 Å². The highest BCUT2D eigenvalue weighted by molar-refractivity contribution is 6.02. The predicted molar refractivity (Wildman–Crippen MR) is 89.3 cm³/mol. The van der Waals surface area contributed by atoms with E-state index in [2.05, 4.69) is 9.97 Å². The summed E-state index contributed by atoms with van der Waals surface area (Å²) in [5.41, 5.74) is -1.81. The number of carboxylic acid groups (broad SMARTS) is 1. The van der Waals surface area contributed by atoms with Crippen LogP contribution in [0, 0.1) is 5.82 Å². The van der Waals surface area contributed by atoms with E-state index in [9.17, 15) is 23.9 Å². The van der Waals surface area contributed by atoms with Gasteiger partial charge in [0.2, 0.25) is 0 Å². The molecule has 0 atom stereocenters. The third-order valence-electron chi connectivity index (χ3n) is 3.78. The maximum absolute atomic E-state index is 14.1. The van der Waals surface area contributed by atoms with Crippen molar-refractivity contribution in [2.24, 2.45) is 0 Å². The molecule has 0 saturated heterocycles. The lowest BCUT2D eigenvalue weighted by Gasteiger charge is -2.11. The van der Waals surface area contributed by atoms with Crippen LogP contribution in [0.4, 0.5) is 4.39 Å². The van der Waals surface area contributed by atoms with Crippen LogP contribution >= 0.6 is 0 Å². The van der Waals surface area contributed by atoms with Gasteiger partial charge in [-0.2, -0.15) is 0 Å². The maximum Gasteiger partial charge on any atom is 0.336 e. The molecule has 0 unspecified atom stereocenters. The number of aromatic carboxylic acids is 1. The fourth-order valence-corrected chi connectivity index (χ4v) is 2.68. The second-order valence-electron chi connectivity index (χ2n) is 5.45. The SMILES string of the molecule is CCCn1c(=O)[nH]c(=O)c2c(C(=O)O)cc(-c3ccccc3F)nc21. The van der Waals surface area contributed by atoms with Gasteiger partial charge in [-0.15, -0.1) is 0 Å². The van der Waals surface area contributed by atoms with Crippen molar-refractivity contribution in [1.29, 1.82) is 0 Å². The molecule has 0 aliphatic carbocycles. The molecule has 8 heteroatoms. The summed E-state index contributed by atoms with van der Waals surface area (Å²) < 4.78 is 15.3. The Labute approximate surface area is 140 Å². The lowest BCUT2D eigenvalue weighted by Crippen LogP contribution is -2.32. The summed E-state index contributed by atoms with van der Waals surface area (Å²) in [6.45, 7) is 2.06. The zero-order valence-corrected chi connectivity index (χ0v) is 13.2. The van der Waals surface area contributed by atoms with Gasteiger partial charge in [0, 0.05) is 12.1 Å². The molecule has 0 radical (unpaired) electrons. The van der Waals surface area contributed by atoms with Crippen LogP contribution in [0.1, 0.15) is 23.7 Å². The highest BCUT2D eigenvalue weighted by Crippen LogP contribution is 2.25. The molecule has 0 aliphatic heterocycles. The zero-order chi connectivity index (χ0) is 18.1. The summed E-state index contributed by atoms with van der Waals surface area (Å²) in [6, 6.07) is 6.89. The van der Waals surface area contributed by atoms with Crippen molar-refractivity contribution in [2.75, 3.05) is 0 Å². The van der Waals surface area contributed by atoms with Crippen molar-refractivity contribution in [3.8, 4) is 11.3 Å². The molecule has 2 heterocycles. The van der Waals surface area contributed by atoms with Crippen LogP contribution in [-0.4, -0.2) is 25.6 Å². The predicted octanol–water partition coefficient (Wildman–Crippen LogP) is 2.00. The number of nitrogens with zero attached hydrogens (tertiary/aromatic N) is 2. The van der Waals surface area contributed by atoms with Crippen LogP contribution in [0.15, 0.2) is 39.9 Å². The van der Waals surface area contributed by atoms with E-state index >= 15 is 0 Å². The number of rotatable bonds is 4. The van der Waals surface area contributed by atoms with Crippen molar-refractivity contribution < 1.29 is 14.3 Å². The number of carbonyl (C=O) groups is 1. The average molecular weight is 343 g/mol. The molecule has 0 bridgehead atoms. The molecule has 2 aromatic heterocycles. The second-order valence-corrected chi connectivity index (χ2v) is 5.45. The van der Waals surface area contributed by atoms with E-state index in [1.807, 2.05) is 6.92 Å². The number of hydrogen-bond acceptors (Lipinski definition) is 4. The van der Waals surface area contributed by atoms with E-state index in [4.69, 9.17) is 0 Å². The molecule has 2 N–H and O–H groups in total. The minimum atomic E-state index is -1.36. The first-order chi connectivity index (χ1) is 11.9. The largest absolute Gasteiger partial charge is 0.478 e. The van der Waals surface area contributed by atoms with Gasteiger partial charge in [0.05, 0.1) is 16.6 Å². The molecule has 3 rings (SSSR count). The van der Waals surface area contributed by atoms with Crippen LogP contribution < -0.4 is 11.2 Å². The van der Waals surface area contributed by atoms with E-state index in [0.717, 1.165) is 6.07 Å². The molecular weight excluding hydrogens is 329 g/mol. The minimum absolute atomic E-state index is 0.0397. The molecule has 7 nitrogen and oxygen atoms in total. The number of pyridine rings is 1. The van der Waals surface area contributed by atoms with Crippen molar-refractivity contribution in [2.45, 2.75) is 19.9 Å². The number of benzene rings is 1. The van der Waals surface area contributed by atoms with Crippen LogP contribution in [0.5, 0.6) is 0 Å². The minimum Gasteiger partial charge on any atom is -0.478 e. The first-order valence-electron chi connectivity index (χ1n) is 7.60. The quantitative estimate of drug-likeness (QED) is 0.754. The number of fused-ring (bicyclic) bond motifs is 1. The highest BCUT2D eigenvalue weighted by Gasteiger charge is 2.20. The molecule has 25 heavy (non-hydrogen) atoms. The number of H-pyrrole nitrogens is 1. The number of aromatic nitrogens is 3.